The van der Waals surface area contributed by atoms with Gasteiger partial charge in [-0.15, -0.1) is 0 Å². The predicted molar refractivity (Wildman–Crippen MR) is 73.4 cm³/mol. The number of anilines is 1. The van der Waals surface area contributed by atoms with Gasteiger partial charge in [0.1, 0.15) is 0 Å². The molecule has 0 bridgehead atoms. The number of rotatable bonds is 4. The summed E-state index contributed by atoms with van der Waals surface area (Å²) in [4.78, 5) is 0. The van der Waals surface area contributed by atoms with E-state index in [2.05, 4.69) is 35.6 Å². The first-order valence-electron chi connectivity index (χ1n) is 6.00. The average molecular weight is 229 g/mol. The maximum Gasteiger partial charge on any atom is 0.0608 e. The first-order valence-corrected chi connectivity index (χ1v) is 6.00. The summed E-state index contributed by atoms with van der Waals surface area (Å²) < 4.78 is 0. The Kier molecular flexibility index (Phi) is 3.34. The molecule has 2 heteroatoms. The molecule has 2 rings (SSSR count). The molecule has 0 aliphatic heterocycles. The van der Waals surface area contributed by atoms with Gasteiger partial charge in [0.2, 0.25) is 0 Å². The zero-order valence-electron chi connectivity index (χ0n) is 10.4. The van der Waals surface area contributed by atoms with Crippen molar-refractivity contribution in [1.29, 1.82) is 0 Å². The van der Waals surface area contributed by atoms with E-state index in [4.69, 9.17) is 0 Å². The van der Waals surface area contributed by atoms with Gasteiger partial charge < -0.3 is 10.4 Å². The number of fused-ring (bicyclic) bond motifs is 1. The zero-order chi connectivity index (χ0) is 12.3. The molecule has 0 saturated carbocycles. The van der Waals surface area contributed by atoms with Crippen LogP contribution in [0.1, 0.15) is 20.3 Å². The van der Waals surface area contributed by atoms with Gasteiger partial charge in [-0.1, -0.05) is 36.4 Å². The van der Waals surface area contributed by atoms with Crippen molar-refractivity contribution < 1.29 is 5.11 Å². The number of aliphatic hydroxyl groups is 1. The Morgan fingerprint density at radius 2 is 1.76 bits per heavy atom. The van der Waals surface area contributed by atoms with Crippen LogP contribution in [0.2, 0.25) is 0 Å². The third-order valence-corrected chi connectivity index (χ3v) is 2.84. The maximum atomic E-state index is 9.67. The largest absolute Gasteiger partial charge is 0.390 e. The monoisotopic (exact) mass is 229 g/mol. The maximum absolute atomic E-state index is 9.67. The number of hydrogen-bond acceptors (Lipinski definition) is 2. The molecule has 2 nitrogen and oxygen atoms in total. The van der Waals surface area contributed by atoms with Crippen molar-refractivity contribution in [3.8, 4) is 0 Å². The molecular weight excluding hydrogens is 210 g/mol. The Balaban J connectivity index is 2.13. The molecule has 17 heavy (non-hydrogen) atoms. The summed E-state index contributed by atoms with van der Waals surface area (Å²) >= 11 is 0. The molecule has 0 unspecified atom stereocenters. The minimum atomic E-state index is -0.614. The molecule has 0 saturated heterocycles. The van der Waals surface area contributed by atoms with E-state index in [0.717, 1.165) is 18.7 Å². The zero-order valence-corrected chi connectivity index (χ0v) is 10.4. The van der Waals surface area contributed by atoms with E-state index in [9.17, 15) is 5.11 Å². The van der Waals surface area contributed by atoms with Crippen molar-refractivity contribution >= 4 is 16.5 Å². The minimum Gasteiger partial charge on any atom is -0.390 e. The van der Waals surface area contributed by atoms with E-state index in [0.29, 0.717) is 0 Å². The molecule has 2 aromatic carbocycles. The van der Waals surface area contributed by atoms with E-state index >= 15 is 0 Å². The fourth-order valence-electron chi connectivity index (χ4n) is 1.88. The quantitative estimate of drug-likeness (QED) is 0.842. The molecule has 0 aliphatic rings. The second-order valence-corrected chi connectivity index (χ2v) is 5.02. The van der Waals surface area contributed by atoms with Crippen molar-refractivity contribution in [2.75, 3.05) is 11.9 Å². The topological polar surface area (TPSA) is 32.3 Å². The predicted octanol–water partition coefficient (Wildman–Crippen LogP) is 3.41. The highest BCUT2D eigenvalue weighted by atomic mass is 16.3. The Morgan fingerprint density at radius 1 is 1.06 bits per heavy atom. The highest BCUT2D eigenvalue weighted by molar-refractivity contribution is 5.93. The van der Waals surface area contributed by atoms with Gasteiger partial charge in [0.05, 0.1) is 5.60 Å². The summed E-state index contributed by atoms with van der Waals surface area (Å²) in [5.41, 5.74) is 0.518. The number of hydrogen-bond donors (Lipinski definition) is 2. The number of benzene rings is 2. The first kappa shape index (κ1) is 11.9. The van der Waals surface area contributed by atoms with Crippen LogP contribution in [-0.4, -0.2) is 17.3 Å². The summed E-state index contributed by atoms with van der Waals surface area (Å²) in [6.45, 7) is 4.44. The van der Waals surface area contributed by atoms with Crippen LogP contribution in [0.3, 0.4) is 0 Å². The van der Waals surface area contributed by atoms with Gasteiger partial charge in [0, 0.05) is 17.6 Å². The standard InChI is InChI=1S/C15H19NO/c1-15(2,17)10-11-16-14-9-5-7-12-6-3-4-8-13(12)14/h3-9,16-17H,10-11H2,1-2H3. The number of nitrogens with one attached hydrogen (secondary N) is 1. The van der Waals surface area contributed by atoms with E-state index < -0.39 is 5.60 Å². The van der Waals surface area contributed by atoms with Crippen LogP contribution < -0.4 is 5.32 Å². The van der Waals surface area contributed by atoms with E-state index in [1.807, 2.05) is 26.0 Å². The molecule has 0 aliphatic carbocycles. The van der Waals surface area contributed by atoms with E-state index in [-0.39, 0.29) is 0 Å². The van der Waals surface area contributed by atoms with Crippen LogP contribution in [0.4, 0.5) is 5.69 Å². The van der Waals surface area contributed by atoms with Crippen LogP contribution >= 0.6 is 0 Å². The summed E-state index contributed by atoms with van der Waals surface area (Å²) in [5.74, 6) is 0. The van der Waals surface area contributed by atoms with Gasteiger partial charge in [-0.3, -0.25) is 0 Å². The molecule has 0 radical (unpaired) electrons. The Bertz CT molecular complexity index is 494. The molecule has 0 amide bonds. The third kappa shape index (κ3) is 3.21. The Hall–Kier alpha value is -1.54. The smallest absolute Gasteiger partial charge is 0.0608 e. The lowest BCUT2D eigenvalue weighted by Gasteiger charge is -2.18. The van der Waals surface area contributed by atoms with Crippen LogP contribution in [0.5, 0.6) is 0 Å². The van der Waals surface area contributed by atoms with E-state index in [1.165, 1.54) is 10.8 Å². The van der Waals surface area contributed by atoms with Gasteiger partial charge in [-0.25, -0.2) is 0 Å². The summed E-state index contributed by atoms with van der Waals surface area (Å²) in [6.07, 6.45) is 0.732. The van der Waals surface area contributed by atoms with Crippen LogP contribution in [0.15, 0.2) is 42.5 Å². The first-order chi connectivity index (χ1) is 8.06. The fourth-order valence-corrected chi connectivity index (χ4v) is 1.88. The minimum absolute atomic E-state index is 0.614. The summed E-state index contributed by atoms with van der Waals surface area (Å²) in [6, 6.07) is 14.5. The molecule has 2 aromatic rings. The second kappa shape index (κ2) is 4.76. The van der Waals surface area contributed by atoms with Gasteiger partial charge >= 0.3 is 0 Å². The van der Waals surface area contributed by atoms with Gasteiger partial charge in [-0.05, 0) is 31.7 Å². The summed E-state index contributed by atoms with van der Waals surface area (Å²) in [7, 11) is 0. The molecule has 90 valence electrons. The molecular formula is C15H19NO. The van der Waals surface area contributed by atoms with Gasteiger partial charge in [-0.2, -0.15) is 0 Å². The van der Waals surface area contributed by atoms with Crippen molar-refractivity contribution in [3.05, 3.63) is 42.5 Å². The second-order valence-electron chi connectivity index (χ2n) is 5.02. The Labute approximate surface area is 102 Å². The molecule has 0 spiro atoms. The van der Waals surface area contributed by atoms with Crippen LogP contribution in [-0.2, 0) is 0 Å². The highest BCUT2D eigenvalue weighted by Crippen LogP contribution is 2.23. The SMILES string of the molecule is CC(C)(O)CCNc1cccc2ccccc12. The lowest BCUT2D eigenvalue weighted by molar-refractivity contribution is 0.0749. The third-order valence-electron chi connectivity index (χ3n) is 2.84. The fraction of sp³-hybridized carbons (Fsp3) is 0.333. The Morgan fingerprint density at radius 3 is 2.53 bits per heavy atom. The molecule has 0 fully saturated rings. The van der Waals surface area contributed by atoms with Crippen molar-refractivity contribution in [2.45, 2.75) is 25.9 Å². The van der Waals surface area contributed by atoms with Crippen LogP contribution in [0, 0.1) is 0 Å². The van der Waals surface area contributed by atoms with Gasteiger partial charge in [0.25, 0.3) is 0 Å². The average Bonchev–Trinajstić information content (AvgIpc) is 2.28. The van der Waals surface area contributed by atoms with Gasteiger partial charge in [0.15, 0.2) is 0 Å². The lowest BCUT2D eigenvalue weighted by Crippen LogP contribution is -2.22. The van der Waals surface area contributed by atoms with E-state index in [1.54, 1.807) is 0 Å². The molecule has 0 aromatic heterocycles. The van der Waals surface area contributed by atoms with Crippen LogP contribution in [0.25, 0.3) is 10.8 Å². The molecule has 0 heterocycles. The normalized spacial score (nSPS) is 11.7. The summed E-state index contributed by atoms with van der Waals surface area (Å²) in [5, 5.41) is 15.5. The molecule has 0 atom stereocenters. The highest BCUT2D eigenvalue weighted by Gasteiger charge is 2.11. The van der Waals surface area contributed by atoms with Crippen molar-refractivity contribution in [2.24, 2.45) is 0 Å². The van der Waals surface area contributed by atoms with Crippen molar-refractivity contribution in [3.63, 3.8) is 0 Å². The molecule has 2 N–H and O–H groups in total. The lowest BCUT2D eigenvalue weighted by atomic mass is 10.1. The van der Waals surface area contributed by atoms with Crippen molar-refractivity contribution in [1.82, 2.24) is 0 Å².